The average Bonchev–Trinajstić information content (AvgIpc) is 2.16. The largest absolute Gasteiger partial charge is 0.329 e. The van der Waals surface area contributed by atoms with E-state index in [1.54, 1.807) is 0 Å². The van der Waals surface area contributed by atoms with E-state index in [1.807, 2.05) is 0 Å². The van der Waals surface area contributed by atoms with Gasteiger partial charge in [0.1, 0.15) is 0 Å². The van der Waals surface area contributed by atoms with Gasteiger partial charge in [-0.2, -0.15) is 0 Å². The molecule has 1 unspecified atom stereocenters. The number of hydrogen-bond acceptors (Lipinski definition) is 2. The van der Waals surface area contributed by atoms with Gasteiger partial charge >= 0.3 is 0 Å². The standard InChI is InChI=1S/C11H26N2/c1-3-5-6-7-8-9-11(10-12)13-4-2/h11,13H,3-10,12H2,1-2H3. The second-order valence-corrected chi connectivity index (χ2v) is 3.69. The summed E-state index contributed by atoms with van der Waals surface area (Å²) in [6.07, 6.45) is 8.04. The van der Waals surface area contributed by atoms with Crippen molar-refractivity contribution in [2.24, 2.45) is 5.73 Å². The van der Waals surface area contributed by atoms with Crippen molar-refractivity contribution >= 4 is 0 Å². The van der Waals surface area contributed by atoms with Gasteiger partial charge in [0.05, 0.1) is 0 Å². The van der Waals surface area contributed by atoms with Crippen LogP contribution in [0.5, 0.6) is 0 Å². The molecule has 0 aromatic rings. The van der Waals surface area contributed by atoms with Crippen molar-refractivity contribution in [3.63, 3.8) is 0 Å². The molecule has 2 heteroatoms. The topological polar surface area (TPSA) is 38.0 Å². The third-order valence-electron chi connectivity index (χ3n) is 2.43. The molecule has 13 heavy (non-hydrogen) atoms. The first-order valence-electron chi connectivity index (χ1n) is 5.78. The normalized spacial score (nSPS) is 13.2. The van der Waals surface area contributed by atoms with Gasteiger partial charge in [-0.1, -0.05) is 46.0 Å². The van der Waals surface area contributed by atoms with Crippen molar-refractivity contribution < 1.29 is 0 Å². The van der Waals surface area contributed by atoms with Gasteiger partial charge in [0.2, 0.25) is 0 Å². The van der Waals surface area contributed by atoms with Crippen molar-refractivity contribution in [3.8, 4) is 0 Å². The highest BCUT2D eigenvalue weighted by atomic mass is 14.9. The van der Waals surface area contributed by atoms with E-state index in [4.69, 9.17) is 5.73 Å². The SMILES string of the molecule is CCCCCCCC(CN)NCC. The van der Waals surface area contributed by atoms with Gasteiger partial charge in [0.15, 0.2) is 0 Å². The molecule has 0 aliphatic carbocycles. The Bertz CT molecular complexity index is 94.1. The van der Waals surface area contributed by atoms with Crippen LogP contribution in [-0.2, 0) is 0 Å². The molecule has 0 amide bonds. The molecule has 0 fully saturated rings. The van der Waals surface area contributed by atoms with Gasteiger partial charge in [-0.15, -0.1) is 0 Å². The fraction of sp³-hybridized carbons (Fsp3) is 1.00. The Kier molecular flexibility index (Phi) is 9.94. The Morgan fingerprint density at radius 3 is 2.31 bits per heavy atom. The van der Waals surface area contributed by atoms with E-state index in [1.165, 1.54) is 38.5 Å². The van der Waals surface area contributed by atoms with E-state index in [-0.39, 0.29) is 0 Å². The van der Waals surface area contributed by atoms with Crippen LogP contribution in [0.15, 0.2) is 0 Å². The smallest absolute Gasteiger partial charge is 0.0190 e. The lowest BCUT2D eigenvalue weighted by Crippen LogP contribution is -2.35. The maximum absolute atomic E-state index is 5.64. The van der Waals surface area contributed by atoms with Gasteiger partial charge in [-0.25, -0.2) is 0 Å². The Balaban J connectivity index is 3.17. The van der Waals surface area contributed by atoms with Crippen LogP contribution in [-0.4, -0.2) is 19.1 Å². The second-order valence-electron chi connectivity index (χ2n) is 3.69. The van der Waals surface area contributed by atoms with E-state index in [2.05, 4.69) is 19.2 Å². The van der Waals surface area contributed by atoms with Gasteiger partial charge < -0.3 is 11.1 Å². The zero-order valence-electron chi connectivity index (χ0n) is 9.31. The molecular formula is C11H26N2. The maximum Gasteiger partial charge on any atom is 0.0190 e. The second kappa shape index (κ2) is 10.0. The van der Waals surface area contributed by atoms with Crippen LogP contribution in [0.25, 0.3) is 0 Å². The van der Waals surface area contributed by atoms with Gasteiger partial charge in [0.25, 0.3) is 0 Å². The van der Waals surface area contributed by atoms with Crippen LogP contribution >= 0.6 is 0 Å². The number of rotatable bonds is 9. The quantitative estimate of drug-likeness (QED) is 0.542. The summed E-state index contributed by atoms with van der Waals surface area (Å²) in [7, 11) is 0. The van der Waals surface area contributed by atoms with Gasteiger partial charge in [0, 0.05) is 12.6 Å². The summed E-state index contributed by atoms with van der Waals surface area (Å²) >= 11 is 0. The lowest BCUT2D eigenvalue weighted by molar-refractivity contribution is 0.470. The molecule has 0 spiro atoms. The van der Waals surface area contributed by atoms with Crippen molar-refractivity contribution in [2.45, 2.75) is 58.4 Å². The molecule has 0 rings (SSSR count). The molecule has 0 radical (unpaired) electrons. The van der Waals surface area contributed by atoms with Crippen LogP contribution in [0.3, 0.4) is 0 Å². The predicted molar refractivity (Wildman–Crippen MR) is 59.9 cm³/mol. The summed E-state index contributed by atoms with van der Waals surface area (Å²) < 4.78 is 0. The Labute approximate surface area is 83.3 Å². The third-order valence-corrected chi connectivity index (χ3v) is 2.43. The first kappa shape index (κ1) is 12.9. The van der Waals surface area contributed by atoms with Crippen molar-refractivity contribution in [1.82, 2.24) is 5.32 Å². The molecule has 0 saturated heterocycles. The lowest BCUT2D eigenvalue weighted by atomic mass is 10.1. The van der Waals surface area contributed by atoms with E-state index in [9.17, 15) is 0 Å². The zero-order chi connectivity index (χ0) is 9.94. The first-order chi connectivity index (χ1) is 6.35. The first-order valence-corrected chi connectivity index (χ1v) is 5.78. The minimum atomic E-state index is 0.548. The lowest BCUT2D eigenvalue weighted by Gasteiger charge is -2.14. The van der Waals surface area contributed by atoms with Crippen LogP contribution < -0.4 is 11.1 Å². The summed E-state index contributed by atoms with van der Waals surface area (Å²) in [6, 6.07) is 0.548. The van der Waals surface area contributed by atoms with E-state index >= 15 is 0 Å². The van der Waals surface area contributed by atoms with Crippen LogP contribution in [0.1, 0.15) is 52.4 Å². The van der Waals surface area contributed by atoms with Gasteiger partial charge in [-0.3, -0.25) is 0 Å². The maximum atomic E-state index is 5.64. The van der Waals surface area contributed by atoms with Crippen LogP contribution in [0.4, 0.5) is 0 Å². The minimum Gasteiger partial charge on any atom is -0.329 e. The van der Waals surface area contributed by atoms with Crippen LogP contribution in [0, 0.1) is 0 Å². The number of likely N-dealkylation sites (N-methyl/N-ethyl adjacent to an activating group) is 1. The van der Waals surface area contributed by atoms with E-state index in [0.717, 1.165) is 13.1 Å². The summed E-state index contributed by atoms with van der Waals surface area (Å²) in [5, 5.41) is 3.40. The van der Waals surface area contributed by atoms with Crippen molar-refractivity contribution in [1.29, 1.82) is 0 Å². The zero-order valence-corrected chi connectivity index (χ0v) is 9.31. The highest BCUT2D eigenvalue weighted by molar-refractivity contribution is 4.66. The molecule has 3 N–H and O–H groups in total. The number of hydrogen-bond donors (Lipinski definition) is 2. The predicted octanol–water partition coefficient (Wildman–Crippen LogP) is 2.28. The van der Waals surface area contributed by atoms with E-state index in [0.29, 0.717) is 6.04 Å². The molecule has 1 atom stereocenters. The highest BCUT2D eigenvalue weighted by Gasteiger charge is 2.02. The number of nitrogens with one attached hydrogen (secondary N) is 1. The minimum absolute atomic E-state index is 0.548. The molecule has 80 valence electrons. The molecule has 2 nitrogen and oxygen atoms in total. The monoisotopic (exact) mass is 186 g/mol. The van der Waals surface area contributed by atoms with Gasteiger partial charge in [-0.05, 0) is 13.0 Å². The Hall–Kier alpha value is -0.0800. The summed E-state index contributed by atoms with van der Waals surface area (Å²) in [5.41, 5.74) is 5.64. The highest BCUT2D eigenvalue weighted by Crippen LogP contribution is 2.06. The van der Waals surface area contributed by atoms with Crippen LogP contribution in [0.2, 0.25) is 0 Å². The van der Waals surface area contributed by atoms with Crippen molar-refractivity contribution in [3.05, 3.63) is 0 Å². The Morgan fingerprint density at radius 1 is 1.08 bits per heavy atom. The summed E-state index contributed by atoms with van der Waals surface area (Å²) in [6.45, 7) is 6.21. The van der Waals surface area contributed by atoms with Crippen molar-refractivity contribution in [2.75, 3.05) is 13.1 Å². The fourth-order valence-corrected chi connectivity index (χ4v) is 1.59. The van der Waals surface area contributed by atoms with E-state index < -0.39 is 0 Å². The molecule has 0 aliphatic rings. The molecular weight excluding hydrogens is 160 g/mol. The number of nitrogens with two attached hydrogens (primary N) is 1. The third kappa shape index (κ3) is 8.26. The molecule has 0 aliphatic heterocycles. The average molecular weight is 186 g/mol. The molecule has 0 aromatic heterocycles. The number of unbranched alkanes of at least 4 members (excludes halogenated alkanes) is 4. The summed E-state index contributed by atoms with van der Waals surface area (Å²) in [4.78, 5) is 0. The Morgan fingerprint density at radius 2 is 1.77 bits per heavy atom. The fourth-order valence-electron chi connectivity index (χ4n) is 1.59. The molecule has 0 heterocycles. The molecule has 0 saturated carbocycles. The summed E-state index contributed by atoms with van der Waals surface area (Å²) in [5.74, 6) is 0. The molecule has 0 aromatic carbocycles. The molecule has 0 bridgehead atoms.